The lowest BCUT2D eigenvalue weighted by molar-refractivity contribution is -0.312. The minimum Gasteiger partial charge on any atom is -0.547 e. The average molecular weight is 396 g/mol. The number of carboxylic acids is 1. The first kappa shape index (κ1) is 23.6. The SMILES string of the molecule is C.CCCOCCOCCOc1ccnc(C2=N[C@@](C)(C(=O)[O-])CN2C)c1O. The molecule has 0 fully saturated rings. The third kappa shape index (κ3) is 5.80. The van der Waals surface area contributed by atoms with Gasteiger partial charge in [0, 0.05) is 32.5 Å². The summed E-state index contributed by atoms with van der Waals surface area (Å²) in [7, 11) is 1.68. The van der Waals surface area contributed by atoms with Crippen molar-refractivity contribution in [1.29, 1.82) is 0 Å². The Morgan fingerprint density at radius 2 is 1.93 bits per heavy atom. The van der Waals surface area contributed by atoms with Crippen LogP contribution in [0.2, 0.25) is 0 Å². The maximum atomic E-state index is 11.3. The Morgan fingerprint density at radius 1 is 1.29 bits per heavy atom. The van der Waals surface area contributed by atoms with Gasteiger partial charge >= 0.3 is 0 Å². The van der Waals surface area contributed by atoms with Gasteiger partial charge in [-0.2, -0.15) is 0 Å². The fraction of sp³-hybridized carbons (Fsp3) is 0.632. The molecule has 0 aliphatic carbocycles. The number of pyridine rings is 1. The Balaban J connectivity index is 0.00000392. The zero-order chi connectivity index (χ0) is 19.9. The topological polar surface area (TPSA) is 117 Å². The van der Waals surface area contributed by atoms with Crippen LogP contribution >= 0.6 is 0 Å². The van der Waals surface area contributed by atoms with Crippen molar-refractivity contribution in [2.45, 2.75) is 33.2 Å². The monoisotopic (exact) mass is 396 g/mol. The van der Waals surface area contributed by atoms with Crippen LogP contribution in [0.1, 0.15) is 33.4 Å². The Bertz CT molecular complexity index is 682. The summed E-state index contributed by atoms with van der Waals surface area (Å²) in [5.41, 5.74) is -1.23. The van der Waals surface area contributed by atoms with Gasteiger partial charge in [0.25, 0.3) is 0 Å². The number of aliphatic imine (C=N–C) groups is 1. The van der Waals surface area contributed by atoms with Crippen molar-refractivity contribution in [2.24, 2.45) is 4.99 Å². The van der Waals surface area contributed by atoms with Crippen LogP contribution in [0.5, 0.6) is 11.5 Å². The first-order valence-electron chi connectivity index (χ1n) is 8.88. The van der Waals surface area contributed by atoms with Crippen molar-refractivity contribution in [3.8, 4) is 11.5 Å². The van der Waals surface area contributed by atoms with Crippen LogP contribution in [0.3, 0.4) is 0 Å². The number of ether oxygens (including phenoxy) is 3. The first-order chi connectivity index (χ1) is 12.9. The minimum absolute atomic E-state index is 0. The molecular formula is C19H30N3O6-. The van der Waals surface area contributed by atoms with Gasteiger partial charge in [-0.1, -0.05) is 14.4 Å². The predicted molar refractivity (Wildman–Crippen MR) is 103 cm³/mol. The molecular weight excluding hydrogens is 366 g/mol. The van der Waals surface area contributed by atoms with Crippen LogP contribution in [-0.2, 0) is 14.3 Å². The highest BCUT2D eigenvalue weighted by Crippen LogP contribution is 2.32. The summed E-state index contributed by atoms with van der Waals surface area (Å²) < 4.78 is 16.2. The second-order valence-electron chi connectivity index (χ2n) is 6.43. The molecule has 1 aliphatic rings. The number of nitrogens with zero attached hydrogens (tertiary/aromatic N) is 3. The van der Waals surface area contributed by atoms with Gasteiger partial charge in [-0.05, 0) is 13.3 Å². The number of carbonyl (C=O) groups excluding carboxylic acids is 1. The second-order valence-corrected chi connectivity index (χ2v) is 6.43. The molecule has 0 amide bonds. The van der Waals surface area contributed by atoms with Crippen LogP contribution in [0.25, 0.3) is 0 Å². The number of rotatable bonds is 11. The van der Waals surface area contributed by atoms with Gasteiger partial charge in [0.05, 0.1) is 25.8 Å². The number of likely N-dealkylation sites (N-methyl/N-ethyl adjacent to an activating group) is 1. The summed E-state index contributed by atoms with van der Waals surface area (Å²) in [6, 6.07) is 1.52. The van der Waals surface area contributed by atoms with Crippen LogP contribution in [0.15, 0.2) is 17.3 Å². The highest BCUT2D eigenvalue weighted by Gasteiger charge is 2.37. The van der Waals surface area contributed by atoms with E-state index in [4.69, 9.17) is 14.2 Å². The molecule has 0 radical (unpaired) electrons. The normalized spacial score (nSPS) is 18.5. The number of amidine groups is 1. The Morgan fingerprint density at radius 3 is 2.54 bits per heavy atom. The van der Waals surface area contributed by atoms with Gasteiger partial charge in [-0.3, -0.25) is 4.99 Å². The summed E-state index contributed by atoms with van der Waals surface area (Å²) in [5, 5.41) is 21.8. The van der Waals surface area contributed by atoms with Crippen molar-refractivity contribution in [3.63, 3.8) is 0 Å². The number of aliphatic carboxylic acids is 1. The first-order valence-corrected chi connectivity index (χ1v) is 8.88. The summed E-state index contributed by atoms with van der Waals surface area (Å²) in [5.74, 6) is -0.980. The van der Waals surface area contributed by atoms with Crippen molar-refractivity contribution in [3.05, 3.63) is 18.0 Å². The molecule has 1 aromatic rings. The third-order valence-electron chi connectivity index (χ3n) is 4.00. The highest BCUT2D eigenvalue weighted by molar-refractivity contribution is 6.03. The average Bonchev–Trinajstić information content (AvgIpc) is 2.94. The lowest BCUT2D eigenvalue weighted by Crippen LogP contribution is -2.47. The van der Waals surface area contributed by atoms with Crippen molar-refractivity contribution in [2.75, 3.05) is 46.6 Å². The van der Waals surface area contributed by atoms with E-state index >= 15 is 0 Å². The van der Waals surface area contributed by atoms with Gasteiger partial charge in [0.2, 0.25) is 0 Å². The minimum atomic E-state index is -1.39. The van der Waals surface area contributed by atoms with E-state index in [0.29, 0.717) is 26.4 Å². The fourth-order valence-corrected chi connectivity index (χ4v) is 2.63. The third-order valence-corrected chi connectivity index (χ3v) is 4.00. The van der Waals surface area contributed by atoms with Crippen LogP contribution in [-0.4, -0.2) is 79.0 Å². The number of carbonyl (C=O) groups is 1. The maximum Gasteiger partial charge on any atom is 0.187 e. The van der Waals surface area contributed by atoms with E-state index in [1.54, 1.807) is 11.9 Å². The number of aromatic hydroxyl groups is 1. The van der Waals surface area contributed by atoms with Crippen LogP contribution < -0.4 is 9.84 Å². The molecule has 0 aromatic carbocycles. The zero-order valence-corrected chi connectivity index (χ0v) is 15.9. The van der Waals surface area contributed by atoms with E-state index in [1.807, 2.05) is 6.92 Å². The van der Waals surface area contributed by atoms with E-state index in [1.165, 1.54) is 19.2 Å². The summed E-state index contributed by atoms with van der Waals surface area (Å²) >= 11 is 0. The maximum absolute atomic E-state index is 11.3. The number of hydrogen-bond acceptors (Lipinski definition) is 9. The van der Waals surface area contributed by atoms with Gasteiger partial charge < -0.3 is 34.1 Å². The molecule has 1 N–H and O–H groups in total. The summed E-state index contributed by atoms with van der Waals surface area (Å²) in [4.78, 5) is 21.2. The van der Waals surface area contributed by atoms with Crippen molar-refractivity contribution >= 4 is 11.8 Å². The molecule has 1 aliphatic heterocycles. The van der Waals surface area contributed by atoms with Gasteiger partial charge in [0.1, 0.15) is 12.1 Å². The lowest BCUT2D eigenvalue weighted by Gasteiger charge is -2.22. The molecule has 9 nitrogen and oxygen atoms in total. The molecule has 1 atom stereocenters. The van der Waals surface area contributed by atoms with Crippen LogP contribution in [0.4, 0.5) is 0 Å². The van der Waals surface area contributed by atoms with E-state index in [2.05, 4.69) is 9.98 Å². The standard InChI is InChI=1S/C18H27N3O6.CH4/c1-4-7-25-8-9-26-10-11-27-13-5-6-19-14(15(13)22)16-20-18(2,17(23)24)12-21(16)3;/h5-6,22H,4,7-12H2,1-3H3,(H,23,24);1H4/p-1/t18-;/m1./s1. The molecule has 0 saturated heterocycles. The number of hydrogen-bond donors (Lipinski definition) is 1. The molecule has 0 spiro atoms. The largest absolute Gasteiger partial charge is 0.547 e. The van der Waals surface area contributed by atoms with Crippen molar-refractivity contribution < 1.29 is 29.2 Å². The molecule has 0 bridgehead atoms. The molecule has 158 valence electrons. The molecule has 2 heterocycles. The molecule has 0 saturated carbocycles. The second kappa shape index (κ2) is 10.8. The van der Waals surface area contributed by atoms with Gasteiger partial charge in [-0.15, -0.1) is 0 Å². The smallest absolute Gasteiger partial charge is 0.187 e. The lowest BCUT2D eigenvalue weighted by atomic mass is 10.1. The van der Waals surface area contributed by atoms with Crippen molar-refractivity contribution in [1.82, 2.24) is 9.88 Å². The van der Waals surface area contributed by atoms with E-state index in [0.717, 1.165) is 6.42 Å². The molecule has 2 rings (SSSR count). The van der Waals surface area contributed by atoms with E-state index < -0.39 is 11.5 Å². The fourth-order valence-electron chi connectivity index (χ4n) is 2.63. The molecule has 9 heteroatoms. The number of carboxylic acid groups (broad SMARTS) is 1. The highest BCUT2D eigenvalue weighted by atomic mass is 16.5. The molecule has 28 heavy (non-hydrogen) atoms. The predicted octanol–water partition coefficient (Wildman–Crippen LogP) is 0.446. The van der Waals surface area contributed by atoms with Gasteiger partial charge in [-0.25, -0.2) is 4.98 Å². The Hall–Kier alpha value is -2.39. The Labute approximate surface area is 166 Å². The molecule has 1 aromatic heterocycles. The van der Waals surface area contributed by atoms with E-state index in [-0.39, 0.29) is 43.6 Å². The summed E-state index contributed by atoms with van der Waals surface area (Å²) in [6.07, 6.45) is 2.43. The van der Waals surface area contributed by atoms with Gasteiger partial charge in [0.15, 0.2) is 23.0 Å². The Kier molecular flexibility index (Phi) is 9.14. The van der Waals surface area contributed by atoms with E-state index in [9.17, 15) is 15.0 Å². The zero-order valence-electron chi connectivity index (χ0n) is 15.9. The number of aromatic nitrogens is 1. The molecule has 0 unspecified atom stereocenters. The quantitative estimate of drug-likeness (QED) is 0.536. The summed E-state index contributed by atoms with van der Waals surface area (Å²) in [6.45, 7) is 5.93. The van der Waals surface area contributed by atoms with Crippen LogP contribution in [0, 0.1) is 0 Å².